The minimum atomic E-state index is 1.08. The molecule has 0 aromatic carbocycles. The molecule has 1 nitrogen and oxygen atoms in total. The van der Waals surface area contributed by atoms with Crippen molar-refractivity contribution in [1.29, 1.82) is 0 Å². The van der Waals surface area contributed by atoms with E-state index < -0.39 is 0 Å². The zero-order valence-electron chi connectivity index (χ0n) is 5.97. The average Bonchev–Trinajstić information content (AvgIpc) is 1.88. The van der Waals surface area contributed by atoms with E-state index in [2.05, 4.69) is 4.90 Å². The summed E-state index contributed by atoms with van der Waals surface area (Å²) in [4.78, 5) is 2.62. The summed E-state index contributed by atoms with van der Waals surface area (Å²) < 4.78 is 0. The molecular weight excluding hydrogens is 110 g/mol. The minimum Gasteiger partial charge on any atom is -0.303 e. The molecule has 0 unspecified atom stereocenters. The van der Waals surface area contributed by atoms with Gasteiger partial charge in [-0.25, -0.2) is 0 Å². The van der Waals surface area contributed by atoms with Crippen LogP contribution in [0, 0.1) is 5.92 Å². The van der Waals surface area contributed by atoms with Crippen molar-refractivity contribution in [2.45, 2.75) is 25.7 Å². The van der Waals surface area contributed by atoms with Gasteiger partial charge >= 0.3 is 0 Å². The Labute approximate surface area is 57.0 Å². The first kappa shape index (κ1) is 5.72. The van der Waals surface area contributed by atoms with Gasteiger partial charge in [-0.05, 0) is 44.7 Å². The standard InChI is InChI=1S/C8H15N/c1-3-8-4-2-6-9(5-1)7-8/h8H,1-7H2. The Kier molecular flexibility index (Phi) is 1.46. The molecule has 0 saturated carbocycles. The second-order valence-corrected chi connectivity index (χ2v) is 3.45. The Morgan fingerprint density at radius 2 is 1.67 bits per heavy atom. The zero-order valence-corrected chi connectivity index (χ0v) is 5.97. The summed E-state index contributed by atoms with van der Waals surface area (Å²) in [5, 5.41) is 0. The van der Waals surface area contributed by atoms with Crippen LogP contribution < -0.4 is 0 Å². The number of hydrogen-bond donors (Lipinski definition) is 0. The molecule has 2 aliphatic rings. The average molecular weight is 125 g/mol. The highest BCUT2D eigenvalue weighted by atomic mass is 15.1. The molecule has 52 valence electrons. The van der Waals surface area contributed by atoms with Crippen molar-refractivity contribution in [2.24, 2.45) is 5.92 Å². The van der Waals surface area contributed by atoms with E-state index in [-0.39, 0.29) is 0 Å². The van der Waals surface area contributed by atoms with Crippen LogP contribution in [-0.4, -0.2) is 24.5 Å². The van der Waals surface area contributed by atoms with Crippen LogP contribution in [0.4, 0.5) is 0 Å². The lowest BCUT2D eigenvalue weighted by Gasteiger charge is -2.37. The highest BCUT2D eigenvalue weighted by molar-refractivity contribution is 4.77. The van der Waals surface area contributed by atoms with E-state index in [1.165, 1.54) is 45.3 Å². The molecule has 2 saturated heterocycles. The van der Waals surface area contributed by atoms with E-state index in [1.54, 1.807) is 0 Å². The maximum absolute atomic E-state index is 2.62. The largest absolute Gasteiger partial charge is 0.303 e. The molecule has 2 rings (SSSR count). The lowest BCUT2D eigenvalue weighted by atomic mass is 9.90. The molecule has 0 spiro atoms. The third kappa shape index (κ3) is 1.11. The van der Waals surface area contributed by atoms with Crippen LogP contribution in [0.1, 0.15) is 25.7 Å². The summed E-state index contributed by atoms with van der Waals surface area (Å²) in [6.45, 7) is 4.19. The van der Waals surface area contributed by atoms with Gasteiger partial charge in [0.25, 0.3) is 0 Å². The van der Waals surface area contributed by atoms with Gasteiger partial charge in [0.05, 0.1) is 0 Å². The first-order chi connectivity index (χ1) is 4.45. The second kappa shape index (κ2) is 2.30. The van der Waals surface area contributed by atoms with Crippen LogP contribution in [0.5, 0.6) is 0 Å². The molecular formula is C8H15N. The van der Waals surface area contributed by atoms with Crippen LogP contribution in [0.25, 0.3) is 0 Å². The molecule has 0 N–H and O–H groups in total. The SMILES string of the molecule is C1CC2CCCN(C1)C2. The maximum Gasteiger partial charge on any atom is 0.000967 e. The fraction of sp³-hybridized carbons (Fsp3) is 1.00. The molecule has 2 heterocycles. The normalized spacial score (nSPS) is 42.7. The van der Waals surface area contributed by atoms with E-state index in [4.69, 9.17) is 0 Å². The Balaban J connectivity index is 1.96. The first-order valence-corrected chi connectivity index (χ1v) is 4.17. The molecule has 0 aromatic heterocycles. The van der Waals surface area contributed by atoms with E-state index in [0.29, 0.717) is 0 Å². The van der Waals surface area contributed by atoms with E-state index in [9.17, 15) is 0 Å². The van der Waals surface area contributed by atoms with Crippen molar-refractivity contribution in [1.82, 2.24) is 4.90 Å². The Morgan fingerprint density at radius 3 is 2.11 bits per heavy atom. The smallest absolute Gasteiger partial charge is 0.000967 e. The zero-order chi connectivity index (χ0) is 6.10. The number of fused-ring (bicyclic) bond motifs is 2. The lowest BCUT2D eigenvalue weighted by Crippen LogP contribution is -2.39. The molecule has 0 aliphatic carbocycles. The molecule has 2 fully saturated rings. The predicted molar refractivity (Wildman–Crippen MR) is 38.4 cm³/mol. The molecule has 0 amide bonds. The quantitative estimate of drug-likeness (QED) is 0.474. The van der Waals surface area contributed by atoms with Crippen molar-refractivity contribution >= 4 is 0 Å². The summed E-state index contributed by atoms with van der Waals surface area (Å²) in [5.41, 5.74) is 0. The number of nitrogens with zero attached hydrogens (tertiary/aromatic N) is 1. The van der Waals surface area contributed by atoms with Gasteiger partial charge in [0, 0.05) is 6.54 Å². The second-order valence-electron chi connectivity index (χ2n) is 3.45. The van der Waals surface area contributed by atoms with Crippen LogP contribution in [-0.2, 0) is 0 Å². The molecule has 2 bridgehead atoms. The maximum atomic E-state index is 2.62. The summed E-state index contributed by atoms with van der Waals surface area (Å²) in [7, 11) is 0. The van der Waals surface area contributed by atoms with Gasteiger partial charge in [-0.3, -0.25) is 0 Å². The minimum absolute atomic E-state index is 1.08. The Hall–Kier alpha value is -0.0400. The van der Waals surface area contributed by atoms with Crippen molar-refractivity contribution in [3.05, 3.63) is 0 Å². The molecule has 0 aromatic rings. The summed E-state index contributed by atoms with van der Waals surface area (Å²) >= 11 is 0. The van der Waals surface area contributed by atoms with Crippen LogP contribution in [0.2, 0.25) is 0 Å². The van der Waals surface area contributed by atoms with Gasteiger partial charge in [-0.15, -0.1) is 0 Å². The first-order valence-electron chi connectivity index (χ1n) is 4.17. The molecule has 1 heteroatoms. The predicted octanol–water partition coefficient (Wildman–Crippen LogP) is 1.49. The third-order valence-electron chi connectivity index (χ3n) is 2.69. The number of piperidine rings is 2. The monoisotopic (exact) mass is 125 g/mol. The van der Waals surface area contributed by atoms with E-state index in [0.717, 1.165) is 5.92 Å². The highest BCUT2D eigenvalue weighted by Gasteiger charge is 2.22. The van der Waals surface area contributed by atoms with Crippen LogP contribution in [0.3, 0.4) is 0 Å². The summed E-state index contributed by atoms with van der Waals surface area (Å²) in [6.07, 6.45) is 5.95. The fourth-order valence-corrected chi connectivity index (χ4v) is 2.19. The highest BCUT2D eigenvalue weighted by Crippen LogP contribution is 2.25. The molecule has 9 heavy (non-hydrogen) atoms. The fourth-order valence-electron chi connectivity index (χ4n) is 2.19. The van der Waals surface area contributed by atoms with Gasteiger partial charge in [0.1, 0.15) is 0 Å². The van der Waals surface area contributed by atoms with E-state index >= 15 is 0 Å². The molecule has 2 aliphatic heterocycles. The van der Waals surface area contributed by atoms with Crippen molar-refractivity contribution in [3.8, 4) is 0 Å². The molecule has 0 atom stereocenters. The van der Waals surface area contributed by atoms with Gasteiger partial charge < -0.3 is 4.90 Å². The van der Waals surface area contributed by atoms with Gasteiger partial charge in [-0.2, -0.15) is 0 Å². The Morgan fingerprint density at radius 1 is 1.00 bits per heavy atom. The summed E-state index contributed by atoms with van der Waals surface area (Å²) in [6, 6.07) is 0. The third-order valence-corrected chi connectivity index (χ3v) is 2.69. The Bertz CT molecular complexity index is 80.7. The van der Waals surface area contributed by atoms with Crippen LogP contribution >= 0.6 is 0 Å². The topological polar surface area (TPSA) is 3.24 Å². The van der Waals surface area contributed by atoms with E-state index in [1.807, 2.05) is 0 Å². The van der Waals surface area contributed by atoms with Gasteiger partial charge in [0.2, 0.25) is 0 Å². The molecule has 0 radical (unpaired) electrons. The van der Waals surface area contributed by atoms with Crippen LogP contribution in [0.15, 0.2) is 0 Å². The lowest BCUT2D eigenvalue weighted by molar-refractivity contribution is 0.124. The summed E-state index contributed by atoms with van der Waals surface area (Å²) in [5.74, 6) is 1.08. The number of hydrogen-bond acceptors (Lipinski definition) is 1. The van der Waals surface area contributed by atoms with Crippen molar-refractivity contribution in [2.75, 3.05) is 19.6 Å². The van der Waals surface area contributed by atoms with Gasteiger partial charge in [-0.1, -0.05) is 0 Å². The van der Waals surface area contributed by atoms with Crippen molar-refractivity contribution in [3.63, 3.8) is 0 Å². The van der Waals surface area contributed by atoms with Crippen molar-refractivity contribution < 1.29 is 0 Å². The number of rotatable bonds is 0. The van der Waals surface area contributed by atoms with Gasteiger partial charge in [0.15, 0.2) is 0 Å².